The van der Waals surface area contributed by atoms with Crippen LogP contribution in [0.2, 0.25) is 0 Å². The van der Waals surface area contributed by atoms with Crippen molar-refractivity contribution in [3.63, 3.8) is 0 Å². The molecule has 0 saturated carbocycles. The van der Waals surface area contributed by atoms with E-state index in [9.17, 15) is 19.7 Å². The molecule has 56 heavy (non-hydrogen) atoms. The molecule has 12 heteroatoms. The summed E-state index contributed by atoms with van der Waals surface area (Å²) in [4.78, 5) is 49.4. The van der Waals surface area contributed by atoms with E-state index >= 15 is 0 Å². The van der Waals surface area contributed by atoms with Gasteiger partial charge in [-0.2, -0.15) is 0 Å². The normalized spacial score (nSPS) is 19.0. The molecule has 2 aromatic heterocycles. The third-order valence-corrected chi connectivity index (χ3v) is 10.6. The highest BCUT2D eigenvalue weighted by Gasteiger charge is 2.41. The van der Waals surface area contributed by atoms with Crippen LogP contribution in [0.25, 0.3) is 21.5 Å². The summed E-state index contributed by atoms with van der Waals surface area (Å²) in [5, 5.41) is 14.5. The summed E-state index contributed by atoms with van der Waals surface area (Å²) in [7, 11) is 0. The fourth-order valence-electron chi connectivity index (χ4n) is 7.96. The van der Waals surface area contributed by atoms with E-state index in [2.05, 4.69) is 39.1 Å². The molecule has 2 N–H and O–H groups in total. The molecule has 4 aromatic carbocycles. The molecule has 286 valence electrons. The molecule has 6 aromatic rings. The Bertz CT molecular complexity index is 2340. The van der Waals surface area contributed by atoms with Gasteiger partial charge in [-0.15, -0.1) is 0 Å². The maximum atomic E-state index is 12.7. The number of rotatable bonds is 9. The highest BCUT2D eigenvalue weighted by molar-refractivity contribution is 6.01. The van der Waals surface area contributed by atoms with Crippen LogP contribution in [0.5, 0.6) is 0 Å². The van der Waals surface area contributed by atoms with Gasteiger partial charge in [-0.25, -0.2) is 19.6 Å². The van der Waals surface area contributed by atoms with Crippen molar-refractivity contribution in [1.29, 1.82) is 0 Å². The van der Waals surface area contributed by atoms with E-state index in [1.807, 2.05) is 84.6 Å². The number of nitrogens with zero attached hydrogens (tertiary/aromatic N) is 5. The third kappa shape index (κ3) is 7.68. The van der Waals surface area contributed by atoms with Crippen molar-refractivity contribution in [3.05, 3.63) is 143 Å². The molecular weight excluding hydrogens is 709 g/mol. The predicted molar refractivity (Wildman–Crippen MR) is 218 cm³/mol. The molecule has 0 unspecified atom stereocenters. The topological polar surface area (TPSA) is 154 Å². The smallest absolute Gasteiger partial charge is 0.328 e. The quantitative estimate of drug-likeness (QED) is 0.0874. The minimum Gasteiger partial charge on any atom is -0.464 e. The number of ether oxygens (including phenoxy) is 2. The van der Waals surface area contributed by atoms with Crippen molar-refractivity contribution in [2.75, 3.05) is 41.8 Å². The summed E-state index contributed by atoms with van der Waals surface area (Å²) in [5.74, 6) is 1.26. The van der Waals surface area contributed by atoms with Crippen molar-refractivity contribution in [2.45, 2.75) is 50.6 Å². The molecular formula is C44H44N6O6. The van der Waals surface area contributed by atoms with Gasteiger partial charge in [-0.05, 0) is 43.9 Å². The summed E-state index contributed by atoms with van der Waals surface area (Å²) >= 11 is 0. The number of aromatic nitrogens is 2. The van der Waals surface area contributed by atoms with E-state index in [0.29, 0.717) is 61.4 Å². The number of nitrogen functional groups attached to an aromatic ring is 1. The zero-order chi connectivity index (χ0) is 39.2. The largest absolute Gasteiger partial charge is 0.464 e. The van der Waals surface area contributed by atoms with Gasteiger partial charge in [0.15, 0.2) is 0 Å². The average molecular weight is 753 g/mol. The van der Waals surface area contributed by atoms with Gasteiger partial charge < -0.3 is 25.0 Å². The predicted octanol–water partition coefficient (Wildman–Crippen LogP) is 7.81. The molecule has 0 aliphatic carbocycles. The van der Waals surface area contributed by atoms with Crippen LogP contribution in [0.3, 0.4) is 0 Å². The van der Waals surface area contributed by atoms with E-state index in [1.54, 1.807) is 25.3 Å². The zero-order valence-corrected chi connectivity index (χ0v) is 31.4. The minimum atomic E-state index is -0.488. The van der Waals surface area contributed by atoms with Crippen LogP contribution in [0.15, 0.2) is 122 Å². The highest BCUT2D eigenvalue weighted by atomic mass is 16.6. The lowest BCUT2D eigenvalue weighted by Crippen LogP contribution is -2.38. The summed E-state index contributed by atoms with van der Waals surface area (Å²) in [5.41, 5.74) is 9.09. The Morgan fingerprint density at radius 1 is 0.661 bits per heavy atom. The second-order valence-corrected chi connectivity index (χ2v) is 13.9. The number of pyridine rings is 2. The number of esters is 2. The van der Waals surface area contributed by atoms with Crippen LogP contribution in [-0.2, 0) is 19.1 Å². The van der Waals surface area contributed by atoms with Crippen LogP contribution in [-0.4, -0.2) is 65.2 Å². The van der Waals surface area contributed by atoms with Gasteiger partial charge in [0.25, 0.3) is 5.69 Å². The fraction of sp³-hybridized carbons (Fsp3) is 0.273. The monoisotopic (exact) mass is 752 g/mol. The standard InChI is InChI=1S/C22H21N3O4.C22H23N3O2/c1-2-29-22(26)19-12-16(15-8-4-3-5-9-15)14-24(19)21-18-11-7-6-10-17(18)20(13-23-21)25(27)28;1-2-27-22(26)20-12-16(15-8-4-3-5-9-15)14-25(20)21-18-11-7-6-10-17(18)19(23)13-24-21/h3-11,13,16,19H,2,12,14H2,1H3;3-11,13,16,20H,2,12,14,23H2,1H3/t16-,19+;16-,20+/m11/s1. The molecule has 12 nitrogen and oxygen atoms in total. The summed E-state index contributed by atoms with van der Waals surface area (Å²) in [6, 6.07) is 34.5. The van der Waals surface area contributed by atoms with Gasteiger partial charge in [0.1, 0.15) is 29.9 Å². The number of carbonyl (C=O) groups excluding carboxylic acids is 2. The fourth-order valence-corrected chi connectivity index (χ4v) is 7.96. The van der Waals surface area contributed by atoms with E-state index in [0.717, 1.165) is 22.2 Å². The summed E-state index contributed by atoms with van der Waals surface area (Å²) in [6.45, 7) is 5.59. The van der Waals surface area contributed by atoms with E-state index in [1.165, 1.54) is 11.8 Å². The first-order valence-corrected chi connectivity index (χ1v) is 18.9. The number of benzene rings is 4. The minimum absolute atomic E-state index is 0.0455. The lowest BCUT2D eigenvalue weighted by atomic mass is 9.96. The van der Waals surface area contributed by atoms with Crippen LogP contribution in [0, 0.1) is 10.1 Å². The van der Waals surface area contributed by atoms with E-state index in [4.69, 9.17) is 15.2 Å². The van der Waals surface area contributed by atoms with Crippen LogP contribution >= 0.6 is 0 Å². The van der Waals surface area contributed by atoms with Gasteiger partial charge in [0.05, 0.1) is 35.4 Å². The molecule has 0 bridgehead atoms. The van der Waals surface area contributed by atoms with Gasteiger partial charge in [0, 0.05) is 41.1 Å². The Morgan fingerprint density at radius 2 is 1.07 bits per heavy atom. The molecule has 2 saturated heterocycles. The van der Waals surface area contributed by atoms with Crippen LogP contribution < -0.4 is 15.5 Å². The maximum Gasteiger partial charge on any atom is 0.328 e. The van der Waals surface area contributed by atoms with Crippen molar-refractivity contribution in [2.24, 2.45) is 0 Å². The summed E-state index contributed by atoms with van der Waals surface area (Å²) < 4.78 is 10.7. The molecule has 4 heterocycles. The van der Waals surface area contributed by atoms with Crippen LogP contribution in [0.4, 0.5) is 23.0 Å². The molecule has 0 amide bonds. The van der Waals surface area contributed by atoms with Crippen molar-refractivity contribution in [1.82, 2.24) is 9.97 Å². The van der Waals surface area contributed by atoms with E-state index in [-0.39, 0.29) is 35.5 Å². The Labute approximate surface area is 325 Å². The molecule has 0 spiro atoms. The number of anilines is 3. The Balaban J connectivity index is 0.000000172. The second-order valence-electron chi connectivity index (χ2n) is 13.9. The number of carbonyl (C=O) groups is 2. The molecule has 2 aliphatic heterocycles. The van der Waals surface area contributed by atoms with Crippen LogP contribution in [0.1, 0.15) is 49.7 Å². The first-order valence-electron chi connectivity index (χ1n) is 18.9. The van der Waals surface area contributed by atoms with E-state index < -0.39 is 11.0 Å². The third-order valence-electron chi connectivity index (χ3n) is 10.6. The maximum absolute atomic E-state index is 12.7. The second kappa shape index (κ2) is 16.8. The molecule has 2 fully saturated rings. The SMILES string of the molecule is CCOC(=O)[C@@H]1C[C@@H](c2ccccc2)CN1c1ncc(N)c2ccccc12.CCOC(=O)[C@@H]1C[C@@H](c2ccccc2)CN1c1ncc([N+](=O)[O-])c2ccccc12. The number of nitro groups is 1. The number of fused-ring (bicyclic) bond motifs is 2. The summed E-state index contributed by atoms with van der Waals surface area (Å²) in [6.07, 6.45) is 4.27. The molecule has 0 radical (unpaired) electrons. The molecule has 4 atom stereocenters. The lowest BCUT2D eigenvalue weighted by molar-refractivity contribution is -0.383. The number of hydrogen-bond acceptors (Lipinski definition) is 11. The molecule has 8 rings (SSSR count). The highest BCUT2D eigenvalue weighted by Crippen LogP contribution is 2.40. The van der Waals surface area contributed by atoms with Crippen molar-refractivity contribution < 1.29 is 24.0 Å². The van der Waals surface area contributed by atoms with Crippen molar-refractivity contribution in [3.8, 4) is 0 Å². The van der Waals surface area contributed by atoms with Crippen molar-refractivity contribution >= 4 is 56.5 Å². The van der Waals surface area contributed by atoms with Gasteiger partial charge in [-0.3, -0.25) is 10.1 Å². The zero-order valence-electron chi connectivity index (χ0n) is 31.4. The number of hydrogen-bond donors (Lipinski definition) is 1. The Hall–Kier alpha value is -6.56. The Kier molecular flexibility index (Phi) is 11.4. The van der Waals surface area contributed by atoms with Gasteiger partial charge in [0.2, 0.25) is 0 Å². The Morgan fingerprint density at radius 3 is 1.54 bits per heavy atom. The lowest BCUT2D eigenvalue weighted by Gasteiger charge is -2.25. The first kappa shape index (κ1) is 37.7. The van der Waals surface area contributed by atoms with Gasteiger partial charge >= 0.3 is 11.9 Å². The number of nitrogens with two attached hydrogens (primary N) is 1. The molecule has 2 aliphatic rings. The van der Waals surface area contributed by atoms with Gasteiger partial charge in [-0.1, -0.05) is 103 Å². The first-order chi connectivity index (χ1) is 27.3. The average Bonchev–Trinajstić information content (AvgIpc) is 3.88.